The first-order valence-electron chi connectivity index (χ1n) is 4.13. The van der Waals surface area contributed by atoms with Gasteiger partial charge in [-0.1, -0.05) is 6.08 Å². The molecule has 0 amide bonds. The van der Waals surface area contributed by atoms with Crippen LogP contribution in [-0.2, 0) is 14.2 Å². The largest absolute Gasteiger partial charge is 0.444 e. The van der Waals surface area contributed by atoms with Crippen molar-refractivity contribution in [3.05, 3.63) is 24.5 Å². The minimum Gasteiger partial charge on any atom is -0.444 e. The zero-order valence-electron chi connectivity index (χ0n) is 7.45. The zero-order chi connectivity index (χ0) is 8.86. The molecule has 0 N–H and O–H groups in total. The van der Waals surface area contributed by atoms with Gasteiger partial charge in [0.2, 0.25) is 0 Å². The number of ether oxygens (including phenoxy) is 3. The Hall–Kier alpha value is -0.800. The van der Waals surface area contributed by atoms with Crippen LogP contribution in [0, 0.1) is 0 Å². The summed E-state index contributed by atoms with van der Waals surface area (Å²) in [5, 5.41) is 0. The average molecular weight is 170 g/mol. The normalized spacial score (nSPS) is 19.2. The van der Waals surface area contributed by atoms with Crippen LogP contribution in [0.15, 0.2) is 24.5 Å². The highest BCUT2D eigenvalue weighted by atomic mass is 16.9. The van der Waals surface area contributed by atoms with Crippen LogP contribution in [0.5, 0.6) is 0 Å². The Morgan fingerprint density at radius 1 is 1.17 bits per heavy atom. The van der Waals surface area contributed by atoms with Gasteiger partial charge in [-0.25, -0.2) is 0 Å². The van der Waals surface area contributed by atoms with Gasteiger partial charge < -0.3 is 14.2 Å². The highest BCUT2D eigenvalue weighted by Gasteiger charge is 2.30. The van der Waals surface area contributed by atoms with Gasteiger partial charge in [0, 0.05) is 6.08 Å². The van der Waals surface area contributed by atoms with Crippen molar-refractivity contribution in [3.8, 4) is 0 Å². The Kier molecular flexibility index (Phi) is 3.31. The molecular formula is C9H14O3. The van der Waals surface area contributed by atoms with Crippen molar-refractivity contribution >= 4 is 0 Å². The predicted molar refractivity (Wildman–Crippen MR) is 45.3 cm³/mol. The Labute approximate surface area is 72.6 Å². The van der Waals surface area contributed by atoms with E-state index in [1.807, 2.05) is 19.9 Å². The van der Waals surface area contributed by atoms with Gasteiger partial charge in [0.1, 0.15) is 0 Å². The SMILES string of the molecule is CCOC1(OCC)C=CC=CO1. The minimum atomic E-state index is -0.988. The summed E-state index contributed by atoms with van der Waals surface area (Å²) in [4.78, 5) is 0. The molecule has 12 heavy (non-hydrogen) atoms. The Balaban J connectivity index is 2.59. The maximum absolute atomic E-state index is 5.33. The molecule has 0 unspecified atom stereocenters. The monoisotopic (exact) mass is 170 g/mol. The molecule has 68 valence electrons. The number of allylic oxidation sites excluding steroid dienone is 2. The Morgan fingerprint density at radius 2 is 1.83 bits per heavy atom. The predicted octanol–water partition coefficient (Wildman–Crippen LogP) is 1.81. The standard InChI is InChI=1S/C9H14O3/c1-3-10-9(11-4-2)7-5-6-8-12-9/h5-8H,3-4H2,1-2H3. The van der Waals surface area contributed by atoms with Crippen LogP contribution in [-0.4, -0.2) is 19.2 Å². The molecule has 0 spiro atoms. The van der Waals surface area contributed by atoms with Gasteiger partial charge in [-0.3, -0.25) is 0 Å². The molecule has 0 aliphatic carbocycles. The lowest BCUT2D eigenvalue weighted by atomic mass is 10.4. The smallest absolute Gasteiger partial charge is 0.348 e. The van der Waals surface area contributed by atoms with Crippen molar-refractivity contribution in [2.75, 3.05) is 13.2 Å². The lowest BCUT2D eigenvalue weighted by Crippen LogP contribution is -2.36. The fourth-order valence-electron chi connectivity index (χ4n) is 1.00. The molecule has 0 saturated carbocycles. The number of hydrogen-bond donors (Lipinski definition) is 0. The molecule has 1 aliphatic heterocycles. The maximum Gasteiger partial charge on any atom is 0.348 e. The molecule has 3 heteroatoms. The average Bonchev–Trinajstić information content (AvgIpc) is 2.07. The van der Waals surface area contributed by atoms with Crippen LogP contribution in [0.1, 0.15) is 13.8 Å². The van der Waals surface area contributed by atoms with E-state index >= 15 is 0 Å². The van der Waals surface area contributed by atoms with E-state index in [9.17, 15) is 0 Å². The summed E-state index contributed by atoms with van der Waals surface area (Å²) in [7, 11) is 0. The van der Waals surface area contributed by atoms with Crippen molar-refractivity contribution in [2.24, 2.45) is 0 Å². The van der Waals surface area contributed by atoms with E-state index in [-0.39, 0.29) is 0 Å². The number of rotatable bonds is 4. The van der Waals surface area contributed by atoms with E-state index in [0.29, 0.717) is 13.2 Å². The van der Waals surface area contributed by atoms with Crippen LogP contribution in [0.25, 0.3) is 0 Å². The van der Waals surface area contributed by atoms with Gasteiger partial charge in [-0.05, 0) is 19.9 Å². The fourth-order valence-corrected chi connectivity index (χ4v) is 1.00. The molecular weight excluding hydrogens is 156 g/mol. The highest BCUT2D eigenvalue weighted by Crippen LogP contribution is 2.20. The molecule has 1 aliphatic rings. The van der Waals surface area contributed by atoms with Gasteiger partial charge in [-0.15, -0.1) is 0 Å². The first-order valence-corrected chi connectivity index (χ1v) is 4.13. The summed E-state index contributed by atoms with van der Waals surface area (Å²) in [5.41, 5.74) is 0. The maximum atomic E-state index is 5.33. The van der Waals surface area contributed by atoms with Crippen LogP contribution < -0.4 is 0 Å². The lowest BCUT2D eigenvalue weighted by molar-refractivity contribution is -0.327. The second kappa shape index (κ2) is 4.28. The summed E-state index contributed by atoms with van der Waals surface area (Å²) in [6.07, 6.45) is 6.94. The first kappa shape index (κ1) is 9.29. The second-order valence-electron chi connectivity index (χ2n) is 2.28. The van der Waals surface area contributed by atoms with Crippen LogP contribution in [0.4, 0.5) is 0 Å². The fraction of sp³-hybridized carbons (Fsp3) is 0.556. The molecule has 1 rings (SSSR count). The van der Waals surface area contributed by atoms with E-state index < -0.39 is 5.97 Å². The summed E-state index contributed by atoms with van der Waals surface area (Å²) < 4.78 is 15.9. The van der Waals surface area contributed by atoms with Crippen LogP contribution >= 0.6 is 0 Å². The van der Waals surface area contributed by atoms with Crippen molar-refractivity contribution in [3.63, 3.8) is 0 Å². The topological polar surface area (TPSA) is 27.7 Å². The van der Waals surface area contributed by atoms with Gasteiger partial charge in [0.05, 0.1) is 19.5 Å². The summed E-state index contributed by atoms with van der Waals surface area (Å²) >= 11 is 0. The van der Waals surface area contributed by atoms with E-state index in [0.717, 1.165) is 0 Å². The highest BCUT2D eigenvalue weighted by molar-refractivity contribution is 5.08. The van der Waals surface area contributed by atoms with Crippen molar-refractivity contribution in [1.82, 2.24) is 0 Å². The van der Waals surface area contributed by atoms with Crippen molar-refractivity contribution in [1.29, 1.82) is 0 Å². The molecule has 0 aromatic carbocycles. The van der Waals surface area contributed by atoms with E-state index in [1.165, 1.54) is 0 Å². The molecule has 0 aromatic rings. The lowest BCUT2D eigenvalue weighted by Gasteiger charge is -2.29. The molecule has 0 bridgehead atoms. The zero-order valence-corrected chi connectivity index (χ0v) is 7.45. The molecule has 1 heterocycles. The third-order valence-corrected chi connectivity index (χ3v) is 1.41. The Morgan fingerprint density at radius 3 is 2.25 bits per heavy atom. The van der Waals surface area contributed by atoms with Gasteiger partial charge in [0.15, 0.2) is 0 Å². The molecule has 0 saturated heterocycles. The third kappa shape index (κ3) is 2.09. The molecule has 0 radical (unpaired) electrons. The van der Waals surface area contributed by atoms with Crippen LogP contribution in [0.2, 0.25) is 0 Å². The summed E-state index contributed by atoms with van der Waals surface area (Å²) in [5.74, 6) is -0.988. The first-order chi connectivity index (χ1) is 5.83. The minimum absolute atomic E-state index is 0.554. The van der Waals surface area contributed by atoms with Crippen LogP contribution in [0.3, 0.4) is 0 Å². The molecule has 0 atom stereocenters. The van der Waals surface area contributed by atoms with Gasteiger partial charge in [0.25, 0.3) is 0 Å². The van der Waals surface area contributed by atoms with Crippen molar-refractivity contribution < 1.29 is 14.2 Å². The van der Waals surface area contributed by atoms with Gasteiger partial charge >= 0.3 is 5.97 Å². The second-order valence-corrected chi connectivity index (χ2v) is 2.28. The summed E-state index contributed by atoms with van der Waals surface area (Å²) in [6, 6.07) is 0. The quantitative estimate of drug-likeness (QED) is 0.602. The van der Waals surface area contributed by atoms with Crippen molar-refractivity contribution in [2.45, 2.75) is 19.8 Å². The van der Waals surface area contributed by atoms with Gasteiger partial charge in [-0.2, -0.15) is 0 Å². The molecule has 0 aromatic heterocycles. The summed E-state index contributed by atoms with van der Waals surface area (Å²) in [6.45, 7) is 4.91. The third-order valence-electron chi connectivity index (χ3n) is 1.41. The van der Waals surface area contributed by atoms with E-state index in [4.69, 9.17) is 14.2 Å². The Bertz CT molecular complexity index is 178. The van der Waals surface area contributed by atoms with E-state index in [1.54, 1.807) is 18.4 Å². The molecule has 0 fully saturated rings. The van der Waals surface area contributed by atoms with E-state index in [2.05, 4.69) is 0 Å². The molecule has 3 nitrogen and oxygen atoms in total. The number of hydrogen-bond acceptors (Lipinski definition) is 3.